The molecule has 0 fully saturated rings. The fourth-order valence-corrected chi connectivity index (χ4v) is 1.67. The SMILES string of the molecule is CC(=O)c1ccc(O[B]Oc2ccc(C(C)=O)cc2)cc1. The van der Waals surface area contributed by atoms with Gasteiger partial charge in [0.05, 0.1) is 0 Å². The second-order valence-electron chi connectivity index (χ2n) is 4.49. The van der Waals surface area contributed by atoms with Gasteiger partial charge in [-0.15, -0.1) is 0 Å². The minimum Gasteiger partial charge on any atom is -0.526 e. The van der Waals surface area contributed by atoms with E-state index in [-0.39, 0.29) is 11.6 Å². The van der Waals surface area contributed by atoms with Crippen LogP contribution in [0.15, 0.2) is 48.5 Å². The Balaban J connectivity index is 1.86. The van der Waals surface area contributed by atoms with Gasteiger partial charge >= 0.3 is 7.69 Å². The predicted molar refractivity (Wildman–Crippen MR) is 79.9 cm³/mol. The van der Waals surface area contributed by atoms with E-state index in [4.69, 9.17) is 9.31 Å². The molecule has 2 rings (SSSR count). The van der Waals surface area contributed by atoms with Gasteiger partial charge in [0.15, 0.2) is 11.6 Å². The molecule has 4 nitrogen and oxygen atoms in total. The summed E-state index contributed by atoms with van der Waals surface area (Å²) in [7, 11) is 1.20. The van der Waals surface area contributed by atoms with Crippen molar-refractivity contribution in [3.8, 4) is 11.5 Å². The average molecular weight is 281 g/mol. The Labute approximate surface area is 124 Å². The lowest BCUT2D eigenvalue weighted by Crippen LogP contribution is -2.11. The summed E-state index contributed by atoms with van der Waals surface area (Å²) in [4.78, 5) is 22.3. The van der Waals surface area contributed by atoms with Crippen LogP contribution < -0.4 is 9.31 Å². The van der Waals surface area contributed by atoms with Crippen molar-refractivity contribution in [3.05, 3.63) is 59.7 Å². The van der Waals surface area contributed by atoms with Crippen LogP contribution in [0.2, 0.25) is 0 Å². The molecule has 0 aliphatic rings. The Morgan fingerprint density at radius 2 is 1.05 bits per heavy atom. The predicted octanol–water partition coefficient (Wildman–Crippen LogP) is 3.08. The van der Waals surface area contributed by atoms with E-state index in [1.807, 2.05) is 0 Å². The molecule has 0 aliphatic heterocycles. The third-order valence-electron chi connectivity index (χ3n) is 2.89. The minimum atomic E-state index is 0.00680. The zero-order valence-electron chi connectivity index (χ0n) is 11.8. The number of carbonyl (C=O) groups is 2. The quantitative estimate of drug-likeness (QED) is 0.603. The summed E-state index contributed by atoms with van der Waals surface area (Å²) in [5, 5.41) is 0. The van der Waals surface area contributed by atoms with Crippen molar-refractivity contribution in [1.29, 1.82) is 0 Å². The zero-order chi connectivity index (χ0) is 15.2. The summed E-state index contributed by atoms with van der Waals surface area (Å²) >= 11 is 0. The molecule has 0 atom stereocenters. The largest absolute Gasteiger partial charge is 0.658 e. The summed E-state index contributed by atoms with van der Waals surface area (Å²) in [5.41, 5.74) is 1.26. The lowest BCUT2D eigenvalue weighted by atomic mass is 10.1. The first kappa shape index (κ1) is 14.8. The van der Waals surface area contributed by atoms with Crippen LogP contribution in [0, 0.1) is 0 Å². The standard InChI is InChI=1S/C16H14BO4/c1-11(18)13-3-7-15(8-4-13)20-17-21-16-9-5-14(6-10-16)12(2)19/h3-10H,1-2H3. The van der Waals surface area contributed by atoms with Crippen LogP contribution in [0.3, 0.4) is 0 Å². The van der Waals surface area contributed by atoms with Crippen LogP contribution in [0.5, 0.6) is 11.5 Å². The van der Waals surface area contributed by atoms with Gasteiger partial charge in [0.1, 0.15) is 11.5 Å². The third kappa shape index (κ3) is 4.21. The molecule has 0 N–H and O–H groups in total. The fraction of sp³-hybridized carbons (Fsp3) is 0.125. The highest BCUT2D eigenvalue weighted by molar-refractivity contribution is 6.20. The van der Waals surface area contributed by atoms with Crippen molar-refractivity contribution < 1.29 is 18.9 Å². The Morgan fingerprint density at radius 3 is 1.33 bits per heavy atom. The van der Waals surface area contributed by atoms with Gasteiger partial charge in [0.25, 0.3) is 0 Å². The van der Waals surface area contributed by atoms with E-state index in [9.17, 15) is 9.59 Å². The normalized spacial score (nSPS) is 9.81. The van der Waals surface area contributed by atoms with Gasteiger partial charge in [-0.05, 0) is 62.4 Å². The van der Waals surface area contributed by atoms with E-state index in [2.05, 4.69) is 0 Å². The van der Waals surface area contributed by atoms with Gasteiger partial charge < -0.3 is 9.31 Å². The van der Waals surface area contributed by atoms with E-state index < -0.39 is 0 Å². The minimum absolute atomic E-state index is 0.00680. The molecule has 0 saturated heterocycles. The van der Waals surface area contributed by atoms with Crippen LogP contribution in [0.4, 0.5) is 0 Å². The van der Waals surface area contributed by atoms with Gasteiger partial charge in [0, 0.05) is 11.1 Å². The maximum Gasteiger partial charge on any atom is 0.658 e. The van der Waals surface area contributed by atoms with E-state index in [0.29, 0.717) is 22.6 Å². The summed E-state index contributed by atoms with van der Waals surface area (Å²) in [5.74, 6) is 1.15. The number of hydrogen-bond acceptors (Lipinski definition) is 4. The van der Waals surface area contributed by atoms with Gasteiger partial charge in [-0.25, -0.2) is 0 Å². The molecule has 0 spiro atoms. The second kappa shape index (κ2) is 6.75. The monoisotopic (exact) mass is 281 g/mol. The van der Waals surface area contributed by atoms with Crippen molar-refractivity contribution in [2.24, 2.45) is 0 Å². The van der Waals surface area contributed by atoms with Crippen molar-refractivity contribution in [3.63, 3.8) is 0 Å². The summed E-state index contributed by atoms with van der Waals surface area (Å²) < 4.78 is 10.6. The fourth-order valence-electron chi connectivity index (χ4n) is 1.67. The molecule has 0 saturated carbocycles. The zero-order valence-corrected chi connectivity index (χ0v) is 11.8. The molecule has 21 heavy (non-hydrogen) atoms. The molecule has 0 aromatic heterocycles. The van der Waals surface area contributed by atoms with E-state index >= 15 is 0 Å². The third-order valence-corrected chi connectivity index (χ3v) is 2.89. The van der Waals surface area contributed by atoms with Crippen molar-refractivity contribution in [2.45, 2.75) is 13.8 Å². The number of Topliss-reactive ketones (excluding diaryl/α,β-unsaturated/α-hetero) is 2. The summed E-state index contributed by atoms with van der Waals surface area (Å²) in [6.07, 6.45) is 0. The molecule has 5 heteroatoms. The molecule has 105 valence electrons. The van der Waals surface area contributed by atoms with Crippen LogP contribution in [-0.4, -0.2) is 19.3 Å². The van der Waals surface area contributed by atoms with Crippen molar-refractivity contribution >= 4 is 19.3 Å². The Bertz CT molecular complexity index is 575. The highest BCUT2D eigenvalue weighted by atomic mass is 16.6. The first-order chi connectivity index (χ1) is 10.1. The van der Waals surface area contributed by atoms with Crippen molar-refractivity contribution in [2.75, 3.05) is 0 Å². The van der Waals surface area contributed by atoms with E-state index in [1.54, 1.807) is 48.5 Å². The van der Waals surface area contributed by atoms with Gasteiger partial charge in [-0.1, -0.05) is 0 Å². The van der Waals surface area contributed by atoms with Crippen LogP contribution in [-0.2, 0) is 0 Å². The molecule has 0 aliphatic carbocycles. The van der Waals surface area contributed by atoms with Crippen molar-refractivity contribution in [1.82, 2.24) is 0 Å². The number of hydrogen-bond donors (Lipinski definition) is 0. The van der Waals surface area contributed by atoms with Crippen LogP contribution in [0.25, 0.3) is 0 Å². The molecular formula is C16H14BO4. The Morgan fingerprint density at radius 1 is 0.714 bits per heavy atom. The molecule has 0 bridgehead atoms. The van der Waals surface area contributed by atoms with Gasteiger partial charge in [-0.3, -0.25) is 9.59 Å². The summed E-state index contributed by atoms with van der Waals surface area (Å²) in [6, 6.07) is 13.5. The maximum atomic E-state index is 11.1. The molecule has 0 heterocycles. The Hall–Kier alpha value is -2.56. The number of benzene rings is 2. The molecule has 0 unspecified atom stereocenters. The van der Waals surface area contributed by atoms with E-state index in [0.717, 1.165) is 0 Å². The van der Waals surface area contributed by atoms with Crippen LogP contribution in [0.1, 0.15) is 34.6 Å². The lowest BCUT2D eigenvalue weighted by Gasteiger charge is -2.07. The maximum absolute atomic E-state index is 11.1. The number of carbonyl (C=O) groups excluding carboxylic acids is 2. The molecule has 0 amide bonds. The smallest absolute Gasteiger partial charge is 0.526 e. The first-order valence-electron chi connectivity index (χ1n) is 6.43. The molecule has 2 aromatic rings. The van der Waals surface area contributed by atoms with Crippen LogP contribution >= 0.6 is 0 Å². The molecule has 1 radical (unpaired) electrons. The molecular weight excluding hydrogens is 267 g/mol. The highest BCUT2D eigenvalue weighted by Gasteiger charge is 2.04. The van der Waals surface area contributed by atoms with E-state index in [1.165, 1.54) is 21.5 Å². The number of ketones is 2. The lowest BCUT2D eigenvalue weighted by molar-refractivity contribution is 0.100. The highest BCUT2D eigenvalue weighted by Crippen LogP contribution is 2.14. The van der Waals surface area contributed by atoms with Gasteiger partial charge in [-0.2, -0.15) is 0 Å². The first-order valence-corrected chi connectivity index (χ1v) is 6.43. The summed E-state index contributed by atoms with van der Waals surface area (Å²) in [6.45, 7) is 3.02. The van der Waals surface area contributed by atoms with Gasteiger partial charge in [0.2, 0.25) is 0 Å². The number of rotatable bonds is 6. The topological polar surface area (TPSA) is 52.6 Å². The second-order valence-corrected chi connectivity index (χ2v) is 4.49. The molecule has 2 aromatic carbocycles. The average Bonchev–Trinajstić information content (AvgIpc) is 2.48. The Kier molecular flexibility index (Phi) is 4.77.